The van der Waals surface area contributed by atoms with E-state index in [1.807, 2.05) is 0 Å². The van der Waals surface area contributed by atoms with Crippen LogP contribution in [0.25, 0.3) is 5.69 Å². The summed E-state index contributed by atoms with van der Waals surface area (Å²) >= 11 is 1.12. The third kappa shape index (κ3) is 3.84. The third-order valence-electron chi connectivity index (χ3n) is 5.13. The van der Waals surface area contributed by atoms with Gasteiger partial charge in [-0.05, 0) is 31.0 Å². The minimum Gasteiger partial charge on any atom is -0.322 e. The van der Waals surface area contributed by atoms with E-state index in [1.54, 1.807) is 29.1 Å². The van der Waals surface area contributed by atoms with Gasteiger partial charge in [0.15, 0.2) is 5.16 Å². The van der Waals surface area contributed by atoms with Crippen molar-refractivity contribution in [2.24, 2.45) is 0 Å². The van der Waals surface area contributed by atoms with Crippen molar-refractivity contribution in [3.63, 3.8) is 0 Å². The molecule has 2 aliphatic rings. The standard InChI is InChI=1S/C19H20FN5O3S/c20-13-5-4-6-14(11-13)24-10-9-21-18(24)29-12-15(26)23-25-16(27)19(22-17(25)28)7-2-1-3-8-19/h4-6,9-11H,1-3,7-8,12H2,(H,22,28)(H,23,26). The van der Waals surface area contributed by atoms with E-state index in [4.69, 9.17) is 0 Å². The van der Waals surface area contributed by atoms with Crippen molar-refractivity contribution < 1.29 is 18.8 Å². The summed E-state index contributed by atoms with van der Waals surface area (Å²) in [7, 11) is 0. The van der Waals surface area contributed by atoms with Crippen LogP contribution in [0.15, 0.2) is 41.8 Å². The van der Waals surface area contributed by atoms with Crippen molar-refractivity contribution in [2.75, 3.05) is 5.75 Å². The highest BCUT2D eigenvalue weighted by atomic mass is 32.2. The number of amides is 4. The molecule has 2 N–H and O–H groups in total. The number of nitrogens with zero attached hydrogens (tertiary/aromatic N) is 3. The highest BCUT2D eigenvalue weighted by molar-refractivity contribution is 7.99. The van der Waals surface area contributed by atoms with E-state index in [1.165, 1.54) is 12.1 Å². The van der Waals surface area contributed by atoms with Gasteiger partial charge in [0.2, 0.25) is 5.91 Å². The van der Waals surface area contributed by atoms with Crippen LogP contribution in [0.2, 0.25) is 0 Å². The van der Waals surface area contributed by atoms with Gasteiger partial charge in [-0.15, -0.1) is 0 Å². The Labute approximate surface area is 170 Å². The summed E-state index contributed by atoms with van der Waals surface area (Å²) in [5.74, 6) is -1.34. The maximum absolute atomic E-state index is 13.5. The number of hydrogen-bond donors (Lipinski definition) is 2. The summed E-state index contributed by atoms with van der Waals surface area (Å²) in [6.07, 6.45) is 7.16. The number of halogens is 1. The van der Waals surface area contributed by atoms with Gasteiger partial charge in [-0.2, -0.15) is 5.01 Å². The topological polar surface area (TPSA) is 96.3 Å². The molecule has 29 heavy (non-hydrogen) atoms. The number of hydrogen-bond acceptors (Lipinski definition) is 5. The predicted octanol–water partition coefficient (Wildman–Crippen LogP) is 2.39. The Bertz CT molecular complexity index is 957. The van der Waals surface area contributed by atoms with Crippen LogP contribution >= 0.6 is 11.8 Å². The number of imide groups is 1. The number of aromatic nitrogens is 2. The fourth-order valence-corrected chi connectivity index (χ4v) is 4.49. The first-order valence-corrected chi connectivity index (χ1v) is 10.4. The molecular formula is C19H20FN5O3S. The average Bonchev–Trinajstić information content (AvgIpc) is 3.26. The molecular weight excluding hydrogens is 397 g/mol. The summed E-state index contributed by atoms with van der Waals surface area (Å²) in [5.41, 5.74) is 2.09. The maximum atomic E-state index is 13.5. The first kappa shape index (κ1) is 19.4. The Kier molecular flexibility index (Phi) is 5.27. The third-order valence-corrected chi connectivity index (χ3v) is 6.10. The van der Waals surface area contributed by atoms with Crippen LogP contribution in [0.1, 0.15) is 32.1 Å². The van der Waals surface area contributed by atoms with Gasteiger partial charge in [-0.3, -0.25) is 19.6 Å². The number of thioether (sulfide) groups is 1. The van der Waals surface area contributed by atoms with Gasteiger partial charge >= 0.3 is 6.03 Å². The summed E-state index contributed by atoms with van der Waals surface area (Å²) in [6.45, 7) is 0. The lowest BCUT2D eigenvalue weighted by atomic mass is 9.82. The summed E-state index contributed by atoms with van der Waals surface area (Å²) in [5, 5.41) is 4.02. The zero-order valence-electron chi connectivity index (χ0n) is 15.6. The van der Waals surface area contributed by atoms with Crippen molar-refractivity contribution in [1.29, 1.82) is 0 Å². The van der Waals surface area contributed by atoms with Crippen molar-refractivity contribution in [3.05, 3.63) is 42.5 Å². The minimum atomic E-state index is -0.886. The van der Waals surface area contributed by atoms with Crippen molar-refractivity contribution >= 4 is 29.6 Å². The smallest absolute Gasteiger partial charge is 0.322 e. The van der Waals surface area contributed by atoms with E-state index in [0.29, 0.717) is 23.7 Å². The number of imidazole rings is 1. The molecule has 4 rings (SSSR count). The number of carbonyl (C=O) groups excluding carboxylic acids is 3. The highest BCUT2D eigenvalue weighted by Crippen LogP contribution is 2.33. The first-order valence-electron chi connectivity index (χ1n) is 9.37. The maximum Gasteiger partial charge on any atom is 0.344 e. The molecule has 1 spiro atoms. The molecule has 1 aromatic carbocycles. The number of rotatable bonds is 5. The molecule has 4 amide bonds. The van der Waals surface area contributed by atoms with Crippen molar-refractivity contribution in [2.45, 2.75) is 42.8 Å². The van der Waals surface area contributed by atoms with Crippen molar-refractivity contribution in [3.8, 4) is 5.69 Å². The number of hydrazine groups is 1. The van der Waals surface area contributed by atoms with Crippen LogP contribution in [-0.4, -0.2) is 43.7 Å². The molecule has 1 aliphatic heterocycles. The van der Waals surface area contributed by atoms with Crippen LogP contribution in [0.4, 0.5) is 9.18 Å². The van der Waals surface area contributed by atoms with Crippen LogP contribution in [0, 0.1) is 5.82 Å². The molecule has 1 saturated heterocycles. The number of benzene rings is 1. The largest absolute Gasteiger partial charge is 0.344 e. The number of carbonyl (C=O) groups is 3. The second-order valence-electron chi connectivity index (χ2n) is 7.10. The molecule has 0 bridgehead atoms. The van der Waals surface area contributed by atoms with Crippen molar-refractivity contribution in [1.82, 2.24) is 25.3 Å². The molecule has 10 heteroatoms. The van der Waals surface area contributed by atoms with Gasteiger partial charge in [-0.25, -0.2) is 14.2 Å². The Hall–Kier alpha value is -2.88. The van der Waals surface area contributed by atoms with E-state index < -0.39 is 23.4 Å². The molecule has 2 aromatic rings. The van der Waals surface area contributed by atoms with E-state index in [2.05, 4.69) is 15.7 Å². The second-order valence-corrected chi connectivity index (χ2v) is 8.04. The Morgan fingerprint density at radius 3 is 2.83 bits per heavy atom. The zero-order chi connectivity index (χ0) is 20.4. The van der Waals surface area contributed by atoms with Crippen LogP contribution in [0.5, 0.6) is 0 Å². The molecule has 0 radical (unpaired) electrons. The summed E-state index contributed by atoms with van der Waals surface area (Å²) in [4.78, 5) is 41.5. The second kappa shape index (κ2) is 7.86. The van der Waals surface area contributed by atoms with E-state index in [0.717, 1.165) is 36.0 Å². The summed E-state index contributed by atoms with van der Waals surface area (Å²) in [6, 6.07) is 5.42. The highest BCUT2D eigenvalue weighted by Gasteiger charge is 2.52. The Balaban J connectivity index is 1.38. The quantitative estimate of drug-likeness (QED) is 0.575. The SMILES string of the molecule is O=C(CSc1nccn1-c1cccc(F)c1)NN1C(=O)NC2(CCCCC2)C1=O. The zero-order valence-corrected chi connectivity index (χ0v) is 16.4. The summed E-state index contributed by atoms with van der Waals surface area (Å²) < 4.78 is 15.1. The van der Waals surface area contributed by atoms with Crippen LogP contribution in [-0.2, 0) is 9.59 Å². The van der Waals surface area contributed by atoms with Crippen LogP contribution < -0.4 is 10.7 Å². The van der Waals surface area contributed by atoms with Gasteiger partial charge in [0.1, 0.15) is 11.4 Å². The average molecular weight is 417 g/mol. The van der Waals surface area contributed by atoms with Gasteiger partial charge in [-0.1, -0.05) is 37.1 Å². The molecule has 0 unspecified atom stereocenters. The normalized spacial score (nSPS) is 18.2. The molecule has 2 heterocycles. The van der Waals surface area contributed by atoms with Crippen LogP contribution in [0.3, 0.4) is 0 Å². The lowest BCUT2D eigenvalue weighted by molar-refractivity contribution is -0.139. The lowest BCUT2D eigenvalue weighted by Crippen LogP contribution is -2.51. The van der Waals surface area contributed by atoms with E-state index in [-0.39, 0.29) is 11.6 Å². The molecule has 152 valence electrons. The molecule has 1 aromatic heterocycles. The Morgan fingerprint density at radius 2 is 2.07 bits per heavy atom. The molecule has 0 atom stereocenters. The Morgan fingerprint density at radius 1 is 1.28 bits per heavy atom. The molecule has 1 saturated carbocycles. The van der Waals surface area contributed by atoms with E-state index >= 15 is 0 Å². The van der Waals surface area contributed by atoms with Gasteiger partial charge in [0, 0.05) is 12.4 Å². The molecule has 1 aliphatic carbocycles. The molecule has 8 nitrogen and oxygen atoms in total. The molecule has 2 fully saturated rings. The van der Waals surface area contributed by atoms with Gasteiger partial charge < -0.3 is 5.32 Å². The van der Waals surface area contributed by atoms with Gasteiger partial charge in [0.25, 0.3) is 5.91 Å². The minimum absolute atomic E-state index is 0.0591. The monoisotopic (exact) mass is 417 g/mol. The number of urea groups is 1. The fraction of sp³-hybridized carbons (Fsp3) is 0.368. The van der Waals surface area contributed by atoms with Gasteiger partial charge in [0.05, 0.1) is 11.4 Å². The predicted molar refractivity (Wildman–Crippen MR) is 104 cm³/mol. The number of nitrogens with one attached hydrogen (secondary N) is 2. The van der Waals surface area contributed by atoms with E-state index in [9.17, 15) is 18.8 Å². The first-order chi connectivity index (χ1) is 14.0. The fourth-order valence-electron chi connectivity index (χ4n) is 3.72. The lowest BCUT2D eigenvalue weighted by Gasteiger charge is -2.30.